The number of nitrogens with one attached hydrogen (secondary N) is 2. The molecule has 1 atom stereocenters. The third kappa shape index (κ3) is 14.9. The van der Waals surface area contributed by atoms with E-state index in [9.17, 15) is 14.7 Å². The lowest BCUT2D eigenvalue weighted by atomic mass is 9.93. The van der Waals surface area contributed by atoms with Gasteiger partial charge in [0.1, 0.15) is 11.3 Å². The molecule has 1 aliphatic carbocycles. The minimum absolute atomic E-state index is 0.117. The fraction of sp³-hybridized carbons (Fsp3) is 0.483. The maximum Gasteiger partial charge on any atom is 0.309 e. The van der Waals surface area contributed by atoms with Gasteiger partial charge in [0.05, 0.1) is 33.5 Å². The lowest BCUT2D eigenvalue weighted by molar-refractivity contribution is -0.139. The molecule has 1 aliphatic rings. The van der Waals surface area contributed by atoms with E-state index in [0.717, 1.165) is 42.0 Å². The van der Waals surface area contributed by atoms with Gasteiger partial charge >= 0.3 is 5.97 Å². The summed E-state index contributed by atoms with van der Waals surface area (Å²) in [5, 5.41) is 15.9. The number of carbonyl (C=O) groups is 2. The van der Waals surface area contributed by atoms with Crippen LogP contribution in [0.5, 0.6) is 11.5 Å². The van der Waals surface area contributed by atoms with Gasteiger partial charge in [0, 0.05) is 25.8 Å². The van der Waals surface area contributed by atoms with Crippen molar-refractivity contribution in [2.24, 2.45) is 4.99 Å². The molecule has 1 amide bonds. The van der Waals surface area contributed by atoms with Crippen LogP contribution < -0.4 is 20.1 Å². The Kier molecular flexibility index (Phi) is 19.6. The number of nitrogens with zero attached hydrogens (tertiary/aromatic N) is 1. The number of aliphatic hydroxyl groups excluding tert-OH is 1. The minimum atomic E-state index is -0.632. The lowest BCUT2D eigenvalue weighted by Gasteiger charge is -2.21. The fourth-order valence-electron chi connectivity index (χ4n) is 3.36. The Morgan fingerprint density at radius 1 is 1.21 bits per heavy atom. The number of terminal acetylenes is 1. The topological polar surface area (TPSA) is 118 Å². The van der Waals surface area contributed by atoms with Crippen molar-refractivity contribution in [1.29, 1.82) is 0 Å². The SMILES string of the molecule is C#CC.CN=C(/C=C\CC(=O)OC)NC(=O)CSC(O)C1=C(C)CCCC1.CNc1ccc(OC)c(OC)c1. The highest BCUT2D eigenvalue weighted by molar-refractivity contribution is 8.00. The van der Waals surface area contributed by atoms with Gasteiger partial charge in [-0.25, -0.2) is 0 Å². The Hall–Kier alpha value is -3.42. The number of allylic oxidation sites excluding steroid dienone is 1. The van der Waals surface area contributed by atoms with Crippen molar-refractivity contribution < 1.29 is 28.9 Å². The summed E-state index contributed by atoms with van der Waals surface area (Å²) in [6.07, 6.45) is 12.0. The van der Waals surface area contributed by atoms with E-state index in [1.54, 1.807) is 40.3 Å². The summed E-state index contributed by atoms with van der Waals surface area (Å²) >= 11 is 1.21. The van der Waals surface area contributed by atoms with Crippen molar-refractivity contribution in [3.05, 3.63) is 41.5 Å². The molecule has 0 saturated carbocycles. The van der Waals surface area contributed by atoms with Crippen LogP contribution in [0.15, 0.2) is 46.5 Å². The number of hydrogen-bond donors (Lipinski definition) is 3. The van der Waals surface area contributed by atoms with Crippen LogP contribution in [0.2, 0.25) is 0 Å². The maximum atomic E-state index is 12.0. The number of aliphatic hydroxyl groups is 1. The zero-order valence-electron chi connectivity index (χ0n) is 24.1. The van der Waals surface area contributed by atoms with Gasteiger partial charge < -0.3 is 30.0 Å². The molecule has 0 saturated heterocycles. The second-order valence-corrected chi connectivity index (χ2v) is 9.19. The van der Waals surface area contributed by atoms with E-state index in [1.807, 2.05) is 32.2 Å². The van der Waals surface area contributed by atoms with Gasteiger partial charge in [0.15, 0.2) is 11.5 Å². The zero-order valence-corrected chi connectivity index (χ0v) is 24.9. The molecule has 9 nitrogen and oxygen atoms in total. The Morgan fingerprint density at radius 3 is 2.38 bits per heavy atom. The zero-order chi connectivity index (χ0) is 29.6. The van der Waals surface area contributed by atoms with E-state index in [0.29, 0.717) is 5.84 Å². The standard InChI is InChI=1S/C17H26N2O4S.C9H13NO2.C3H4/c1-12-7-4-5-8-13(12)17(22)24-11-15(20)19-14(18-2)9-6-10-16(21)23-3;1-10-7-4-5-8(11-2)9(6-7)12-3;1-3-2/h6,9,17,22H,4-5,7-8,10-11H2,1-3H3,(H,18,19,20);4-6,10H,1-3H3;1H,2H3/b9-6-;;. The van der Waals surface area contributed by atoms with Gasteiger partial charge in [0.25, 0.3) is 0 Å². The van der Waals surface area contributed by atoms with Crippen molar-refractivity contribution in [3.63, 3.8) is 0 Å². The number of anilines is 1. The number of thioether (sulfide) groups is 1. The lowest BCUT2D eigenvalue weighted by Crippen LogP contribution is -2.31. The monoisotopic (exact) mass is 561 g/mol. The number of ether oxygens (including phenoxy) is 3. The van der Waals surface area contributed by atoms with Crippen LogP contribution in [-0.2, 0) is 14.3 Å². The molecule has 1 aromatic rings. The van der Waals surface area contributed by atoms with Gasteiger partial charge in [-0.1, -0.05) is 11.6 Å². The first-order valence-corrected chi connectivity index (χ1v) is 13.5. The average Bonchev–Trinajstić information content (AvgIpc) is 2.95. The fourth-order valence-corrected chi connectivity index (χ4v) is 4.26. The van der Waals surface area contributed by atoms with Crippen molar-refractivity contribution in [3.8, 4) is 23.8 Å². The van der Waals surface area contributed by atoms with E-state index in [4.69, 9.17) is 9.47 Å². The first-order chi connectivity index (χ1) is 18.7. The van der Waals surface area contributed by atoms with Crippen LogP contribution in [0.4, 0.5) is 5.69 Å². The molecule has 1 unspecified atom stereocenters. The number of amidine groups is 1. The molecule has 2 rings (SSSR count). The van der Waals surface area contributed by atoms with Gasteiger partial charge in [-0.05, 0) is 63.3 Å². The second kappa shape index (κ2) is 21.5. The molecule has 0 aromatic heterocycles. The molecule has 0 aliphatic heterocycles. The molecule has 216 valence electrons. The van der Waals surface area contributed by atoms with Crippen molar-refractivity contribution in [2.45, 2.75) is 51.4 Å². The number of benzene rings is 1. The maximum absolute atomic E-state index is 12.0. The summed E-state index contributed by atoms with van der Waals surface area (Å²) in [5.41, 5.74) is 2.67. The van der Waals surface area contributed by atoms with E-state index in [-0.39, 0.29) is 24.1 Å². The second-order valence-electron chi connectivity index (χ2n) is 8.12. The Labute approximate surface area is 237 Å². The van der Waals surface area contributed by atoms with E-state index >= 15 is 0 Å². The largest absolute Gasteiger partial charge is 0.493 e. The number of hydrogen-bond acceptors (Lipinski definition) is 9. The number of esters is 1. The highest BCUT2D eigenvalue weighted by Crippen LogP contribution is 2.31. The van der Waals surface area contributed by atoms with Crippen LogP contribution >= 0.6 is 11.8 Å². The van der Waals surface area contributed by atoms with Crippen LogP contribution in [0.25, 0.3) is 0 Å². The normalized spacial score (nSPS) is 13.6. The van der Waals surface area contributed by atoms with Crippen molar-refractivity contribution in [1.82, 2.24) is 5.32 Å². The smallest absolute Gasteiger partial charge is 0.309 e. The van der Waals surface area contributed by atoms with Gasteiger partial charge in [-0.15, -0.1) is 24.1 Å². The predicted molar refractivity (Wildman–Crippen MR) is 161 cm³/mol. The first kappa shape index (κ1) is 35.6. The van der Waals surface area contributed by atoms with Gasteiger partial charge in [-0.3, -0.25) is 14.6 Å². The summed E-state index contributed by atoms with van der Waals surface area (Å²) in [4.78, 5) is 26.9. The summed E-state index contributed by atoms with van der Waals surface area (Å²) in [6, 6.07) is 5.69. The van der Waals surface area contributed by atoms with E-state index in [2.05, 4.69) is 32.7 Å². The highest BCUT2D eigenvalue weighted by Gasteiger charge is 2.18. The van der Waals surface area contributed by atoms with Crippen LogP contribution in [-0.4, -0.2) is 69.4 Å². The van der Waals surface area contributed by atoms with E-state index < -0.39 is 5.44 Å². The van der Waals surface area contributed by atoms with Crippen LogP contribution in [0.3, 0.4) is 0 Å². The molecule has 1 aromatic carbocycles. The average molecular weight is 562 g/mol. The Morgan fingerprint density at radius 2 is 1.85 bits per heavy atom. The number of aliphatic imine (C=N–C) groups is 1. The third-order valence-electron chi connectivity index (χ3n) is 5.43. The van der Waals surface area contributed by atoms with Crippen LogP contribution in [0.1, 0.15) is 46.0 Å². The summed E-state index contributed by atoms with van der Waals surface area (Å²) < 4.78 is 14.7. The molecule has 39 heavy (non-hydrogen) atoms. The van der Waals surface area contributed by atoms with E-state index in [1.165, 1.54) is 30.9 Å². The predicted octanol–water partition coefficient (Wildman–Crippen LogP) is 4.58. The Bertz CT molecular complexity index is 1030. The molecular weight excluding hydrogens is 518 g/mol. The molecule has 10 heteroatoms. The minimum Gasteiger partial charge on any atom is -0.493 e. The van der Waals surface area contributed by atoms with Crippen molar-refractivity contribution >= 4 is 35.2 Å². The molecule has 0 spiro atoms. The number of methoxy groups -OCH3 is 3. The molecule has 3 N–H and O–H groups in total. The summed E-state index contributed by atoms with van der Waals surface area (Å²) in [7, 11) is 7.98. The Balaban J connectivity index is 0.000000798. The number of rotatable bonds is 10. The molecule has 0 bridgehead atoms. The van der Waals surface area contributed by atoms with Crippen molar-refractivity contribution in [2.75, 3.05) is 46.5 Å². The summed E-state index contributed by atoms with van der Waals surface area (Å²) in [6.45, 7) is 3.70. The number of amides is 1. The molecular formula is C29H43N3O6S. The van der Waals surface area contributed by atoms with Gasteiger partial charge in [0.2, 0.25) is 5.91 Å². The van der Waals surface area contributed by atoms with Gasteiger partial charge in [-0.2, -0.15) is 0 Å². The number of carbonyl (C=O) groups excluding carboxylic acids is 2. The molecule has 0 fully saturated rings. The summed E-state index contributed by atoms with van der Waals surface area (Å²) in [5.74, 6) is 3.65. The quantitative estimate of drug-likeness (QED) is 0.0949. The first-order valence-electron chi connectivity index (χ1n) is 12.5. The molecule has 0 radical (unpaired) electrons. The van der Waals surface area contributed by atoms with Crippen LogP contribution in [0, 0.1) is 12.3 Å². The molecule has 0 heterocycles. The third-order valence-corrected chi connectivity index (χ3v) is 6.46. The highest BCUT2D eigenvalue weighted by atomic mass is 32.2.